The zero-order valence-corrected chi connectivity index (χ0v) is 13.8. The number of aryl methyl sites for hydroxylation is 1. The molecule has 0 aliphatic carbocycles. The molecule has 0 spiro atoms. The van der Waals surface area contributed by atoms with E-state index in [4.69, 9.17) is 0 Å². The maximum Gasteiger partial charge on any atom is 0.299 e. The van der Waals surface area contributed by atoms with Crippen LogP contribution in [0, 0.1) is 0 Å². The maximum absolute atomic E-state index is 12.8. The molecule has 122 valence electrons. The van der Waals surface area contributed by atoms with Gasteiger partial charge in [-0.15, -0.1) is 0 Å². The standard InChI is InChI=1S/C19H19N3O2/c1-3-21-13-15(12-20-21)18(23)19(24)22(4-2)17-11-7-9-14-8-5-6-10-16(14)17/h5-13H,3-4H2,1-2H3. The van der Waals surface area contributed by atoms with E-state index in [0.717, 1.165) is 16.5 Å². The number of amides is 1. The highest BCUT2D eigenvalue weighted by Gasteiger charge is 2.25. The van der Waals surface area contributed by atoms with Gasteiger partial charge < -0.3 is 4.90 Å². The number of rotatable bonds is 5. The molecule has 24 heavy (non-hydrogen) atoms. The molecule has 5 heteroatoms. The van der Waals surface area contributed by atoms with Crippen LogP contribution in [0.3, 0.4) is 0 Å². The molecule has 0 unspecified atom stereocenters. The van der Waals surface area contributed by atoms with Crippen LogP contribution in [0.15, 0.2) is 54.9 Å². The number of hydrogen-bond donors (Lipinski definition) is 0. The fourth-order valence-corrected chi connectivity index (χ4v) is 2.77. The summed E-state index contributed by atoms with van der Waals surface area (Å²) >= 11 is 0. The summed E-state index contributed by atoms with van der Waals surface area (Å²) < 4.78 is 1.63. The van der Waals surface area contributed by atoms with Crippen molar-refractivity contribution >= 4 is 28.2 Å². The fourth-order valence-electron chi connectivity index (χ4n) is 2.77. The lowest BCUT2D eigenvalue weighted by molar-refractivity contribution is -0.114. The molecule has 0 aliphatic heterocycles. The van der Waals surface area contributed by atoms with E-state index < -0.39 is 11.7 Å². The van der Waals surface area contributed by atoms with Crippen molar-refractivity contribution in [3.8, 4) is 0 Å². The van der Waals surface area contributed by atoms with Crippen LogP contribution >= 0.6 is 0 Å². The van der Waals surface area contributed by atoms with Crippen LogP contribution in [-0.4, -0.2) is 28.0 Å². The molecule has 0 radical (unpaired) electrons. The summed E-state index contributed by atoms with van der Waals surface area (Å²) in [6.45, 7) is 4.86. The van der Waals surface area contributed by atoms with Gasteiger partial charge in [0.05, 0.1) is 17.4 Å². The normalized spacial score (nSPS) is 10.8. The average Bonchev–Trinajstić information content (AvgIpc) is 3.11. The summed E-state index contributed by atoms with van der Waals surface area (Å²) in [6, 6.07) is 13.6. The molecule has 2 aromatic carbocycles. The van der Waals surface area contributed by atoms with Crippen molar-refractivity contribution < 1.29 is 9.59 Å². The zero-order valence-electron chi connectivity index (χ0n) is 13.8. The molecular formula is C19H19N3O2. The second-order valence-electron chi connectivity index (χ2n) is 5.46. The summed E-state index contributed by atoms with van der Waals surface area (Å²) in [4.78, 5) is 26.8. The fraction of sp³-hybridized carbons (Fsp3) is 0.211. The highest BCUT2D eigenvalue weighted by Crippen LogP contribution is 2.27. The number of carbonyl (C=O) groups excluding carboxylic acids is 2. The van der Waals surface area contributed by atoms with Gasteiger partial charge in [-0.3, -0.25) is 14.3 Å². The Kier molecular flexibility index (Phi) is 4.42. The molecule has 0 saturated carbocycles. The Morgan fingerprint density at radius 3 is 2.54 bits per heavy atom. The molecule has 0 N–H and O–H groups in total. The van der Waals surface area contributed by atoms with Gasteiger partial charge in [0.2, 0.25) is 0 Å². The van der Waals surface area contributed by atoms with Gasteiger partial charge >= 0.3 is 0 Å². The lowest BCUT2D eigenvalue weighted by Crippen LogP contribution is -2.36. The van der Waals surface area contributed by atoms with Crippen LogP contribution in [-0.2, 0) is 11.3 Å². The molecule has 3 rings (SSSR count). The molecule has 0 bridgehead atoms. The van der Waals surface area contributed by atoms with Gasteiger partial charge in [-0.1, -0.05) is 36.4 Å². The number of likely N-dealkylation sites (N-methyl/N-ethyl adjacent to an activating group) is 1. The smallest absolute Gasteiger partial charge is 0.299 e. The summed E-state index contributed by atoms with van der Waals surface area (Å²) in [7, 11) is 0. The Hall–Kier alpha value is -2.95. The third kappa shape index (κ3) is 2.80. The number of Topliss-reactive ketones (excluding diaryl/α,β-unsaturated/α-hetero) is 1. The molecule has 1 heterocycles. The highest BCUT2D eigenvalue weighted by molar-refractivity contribution is 6.47. The Balaban J connectivity index is 1.98. The minimum absolute atomic E-state index is 0.320. The van der Waals surface area contributed by atoms with E-state index >= 15 is 0 Å². The Labute approximate surface area is 140 Å². The van der Waals surface area contributed by atoms with E-state index in [1.54, 1.807) is 10.9 Å². The third-order valence-electron chi connectivity index (χ3n) is 4.03. The summed E-state index contributed by atoms with van der Waals surface area (Å²) in [5, 5.41) is 6.06. The maximum atomic E-state index is 12.8. The average molecular weight is 321 g/mol. The van der Waals surface area contributed by atoms with Crippen molar-refractivity contribution in [3.05, 3.63) is 60.4 Å². The van der Waals surface area contributed by atoms with E-state index in [-0.39, 0.29) is 0 Å². The molecule has 0 aliphatic rings. The van der Waals surface area contributed by atoms with E-state index in [1.165, 1.54) is 11.1 Å². The van der Waals surface area contributed by atoms with Crippen LogP contribution in [0.1, 0.15) is 24.2 Å². The van der Waals surface area contributed by atoms with Crippen molar-refractivity contribution in [1.29, 1.82) is 0 Å². The van der Waals surface area contributed by atoms with Crippen molar-refractivity contribution in [2.45, 2.75) is 20.4 Å². The van der Waals surface area contributed by atoms with Gasteiger partial charge in [0.15, 0.2) is 0 Å². The zero-order chi connectivity index (χ0) is 17.1. The summed E-state index contributed by atoms with van der Waals surface area (Å²) in [6.07, 6.45) is 3.05. The van der Waals surface area contributed by atoms with E-state index in [0.29, 0.717) is 18.7 Å². The van der Waals surface area contributed by atoms with Gasteiger partial charge in [-0.05, 0) is 25.3 Å². The van der Waals surface area contributed by atoms with Crippen LogP contribution in [0.2, 0.25) is 0 Å². The van der Waals surface area contributed by atoms with Crippen LogP contribution in [0.4, 0.5) is 5.69 Å². The van der Waals surface area contributed by atoms with Crippen LogP contribution in [0.25, 0.3) is 10.8 Å². The molecule has 1 amide bonds. The minimum Gasteiger partial charge on any atom is -0.305 e. The molecule has 1 aromatic heterocycles. The van der Waals surface area contributed by atoms with Gasteiger partial charge in [-0.2, -0.15) is 5.10 Å². The van der Waals surface area contributed by atoms with Crippen molar-refractivity contribution in [3.63, 3.8) is 0 Å². The lowest BCUT2D eigenvalue weighted by Gasteiger charge is -2.21. The molecule has 0 fully saturated rings. The number of hydrogen-bond acceptors (Lipinski definition) is 3. The van der Waals surface area contributed by atoms with Crippen molar-refractivity contribution in [2.24, 2.45) is 0 Å². The molecule has 5 nitrogen and oxygen atoms in total. The second-order valence-corrected chi connectivity index (χ2v) is 5.46. The summed E-state index contributed by atoms with van der Waals surface area (Å²) in [5.74, 6) is -1.08. The van der Waals surface area contributed by atoms with Gasteiger partial charge in [0.25, 0.3) is 11.7 Å². The first kappa shape index (κ1) is 15.9. The predicted octanol–water partition coefficient (Wildman–Crippen LogP) is 3.29. The quantitative estimate of drug-likeness (QED) is 0.535. The second kappa shape index (κ2) is 6.66. The number of benzene rings is 2. The topological polar surface area (TPSA) is 55.2 Å². The van der Waals surface area contributed by atoms with Crippen molar-refractivity contribution in [2.75, 3.05) is 11.4 Å². The van der Waals surface area contributed by atoms with Crippen LogP contribution < -0.4 is 4.90 Å². The number of fused-ring (bicyclic) bond motifs is 1. The number of aromatic nitrogens is 2. The first-order valence-corrected chi connectivity index (χ1v) is 8.02. The van der Waals surface area contributed by atoms with E-state index in [9.17, 15) is 9.59 Å². The Morgan fingerprint density at radius 1 is 1.08 bits per heavy atom. The number of ketones is 1. The Bertz CT molecular complexity index is 893. The third-order valence-corrected chi connectivity index (χ3v) is 4.03. The van der Waals surface area contributed by atoms with Crippen LogP contribution in [0.5, 0.6) is 0 Å². The SMILES string of the molecule is CCN(C(=O)C(=O)c1cnn(CC)c1)c1cccc2ccccc12. The number of carbonyl (C=O) groups is 2. The number of anilines is 1. The minimum atomic E-state index is -0.538. The summed E-state index contributed by atoms with van der Waals surface area (Å²) in [5.41, 5.74) is 1.07. The van der Waals surface area contributed by atoms with Crippen molar-refractivity contribution in [1.82, 2.24) is 9.78 Å². The molecular weight excluding hydrogens is 302 g/mol. The van der Waals surface area contributed by atoms with Gasteiger partial charge in [0, 0.05) is 24.7 Å². The lowest BCUT2D eigenvalue weighted by atomic mass is 10.1. The predicted molar refractivity (Wildman–Crippen MR) is 94.2 cm³/mol. The Morgan fingerprint density at radius 2 is 1.83 bits per heavy atom. The number of nitrogens with zero attached hydrogens (tertiary/aromatic N) is 3. The first-order valence-electron chi connectivity index (χ1n) is 8.02. The van der Waals surface area contributed by atoms with Gasteiger partial charge in [0.1, 0.15) is 0 Å². The van der Waals surface area contributed by atoms with E-state index in [1.807, 2.05) is 56.3 Å². The highest BCUT2D eigenvalue weighted by atomic mass is 16.2. The monoisotopic (exact) mass is 321 g/mol. The first-order chi connectivity index (χ1) is 11.7. The largest absolute Gasteiger partial charge is 0.305 e. The molecule has 0 saturated heterocycles. The van der Waals surface area contributed by atoms with Gasteiger partial charge in [-0.25, -0.2) is 0 Å². The molecule has 3 aromatic rings. The molecule has 0 atom stereocenters. The van der Waals surface area contributed by atoms with E-state index in [2.05, 4.69) is 5.10 Å².